The van der Waals surface area contributed by atoms with Crippen LogP contribution in [-0.2, 0) is 6.42 Å². The van der Waals surface area contributed by atoms with Crippen LogP contribution in [0.15, 0.2) is 121 Å². The minimum Gasteiger partial charge on any atom is -0.203 e. The molecule has 0 aliphatic rings. The Labute approximate surface area is 266 Å². The second-order valence-corrected chi connectivity index (χ2v) is 11.6. The zero-order valence-corrected chi connectivity index (χ0v) is 26.2. The van der Waals surface area contributed by atoms with Crippen LogP contribution in [0.5, 0.6) is 0 Å². The van der Waals surface area contributed by atoms with E-state index in [4.69, 9.17) is 0 Å². The van der Waals surface area contributed by atoms with Gasteiger partial charge in [-0.1, -0.05) is 133 Å². The third-order valence-corrected chi connectivity index (χ3v) is 8.43. The van der Waals surface area contributed by atoms with Gasteiger partial charge in [-0.2, -0.15) is 0 Å². The minimum absolute atomic E-state index is 0.258. The van der Waals surface area contributed by atoms with Crippen molar-refractivity contribution >= 4 is 28.5 Å². The number of benzene rings is 3. The molecule has 0 spiro atoms. The molecule has 0 saturated carbocycles. The molecule has 46 heavy (non-hydrogen) atoms. The Morgan fingerprint density at radius 3 is 1.78 bits per heavy atom. The van der Waals surface area contributed by atoms with Crippen LogP contribution in [0.2, 0.25) is 0 Å². The van der Waals surface area contributed by atoms with E-state index >= 15 is 0 Å². The van der Waals surface area contributed by atoms with Gasteiger partial charge in [-0.15, -0.1) is 0 Å². The van der Waals surface area contributed by atoms with Crippen molar-refractivity contribution < 1.29 is 35.1 Å². The predicted octanol–water partition coefficient (Wildman–Crippen LogP) is 11.5. The van der Waals surface area contributed by atoms with Gasteiger partial charge >= 0.3 is 0 Å². The normalized spacial score (nSPS) is 13.1. The van der Waals surface area contributed by atoms with Crippen LogP contribution in [0.25, 0.3) is 17.2 Å². The molecule has 2 unspecified atom stereocenters. The van der Waals surface area contributed by atoms with E-state index in [0.29, 0.717) is 12.5 Å². The van der Waals surface area contributed by atoms with Gasteiger partial charge in [0.05, 0.1) is 22.0 Å². The molecule has 0 aliphatic heterocycles. The molecule has 0 heterocycles. The Balaban J connectivity index is 1.82. The zero-order chi connectivity index (χ0) is 33.6. The average molecular weight is 675 g/mol. The van der Waals surface area contributed by atoms with E-state index in [2.05, 4.69) is 13.2 Å². The summed E-state index contributed by atoms with van der Waals surface area (Å²) < 4.78 is 119. The molecule has 2 atom stereocenters. The van der Waals surface area contributed by atoms with Crippen molar-refractivity contribution in [1.82, 2.24) is 0 Å². The van der Waals surface area contributed by atoms with Crippen LogP contribution in [0.1, 0.15) is 17.5 Å². The lowest BCUT2D eigenvalue weighted by molar-refractivity contribution is 0.444. The van der Waals surface area contributed by atoms with Crippen LogP contribution in [-0.4, -0.2) is 0 Å². The topological polar surface area (TPSA) is 0 Å². The minimum atomic E-state index is -2.22. The number of hydrogen-bond acceptors (Lipinski definition) is 0. The molecule has 0 bridgehead atoms. The maximum Gasteiger partial charge on any atom is 0.170 e. The highest BCUT2D eigenvalue weighted by molar-refractivity contribution is 7.50. The molecule has 0 aliphatic carbocycles. The summed E-state index contributed by atoms with van der Waals surface area (Å²) in [6.45, 7) is 7.24. The summed E-state index contributed by atoms with van der Waals surface area (Å²) in [4.78, 5) is 0. The summed E-state index contributed by atoms with van der Waals surface area (Å²) in [5.74, 6) is -13.7. The van der Waals surface area contributed by atoms with Crippen LogP contribution >= 0.6 is 17.2 Å². The van der Waals surface area contributed by atoms with E-state index in [0.717, 1.165) is 23.4 Å². The maximum atomic E-state index is 15.0. The first kappa shape index (κ1) is 36.3. The van der Waals surface area contributed by atoms with Crippen LogP contribution < -0.4 is 5.30 Å². The molecule has 238 valence electrons. The summed E-state index contributed by atoms with van der Waals surface area (Å²) in [5, 5.41) is -0.129. The molecule has 0 aromatic heterocycles. The lowest BCUT2D eigenvalue weighted by Crippen LogP contribution is -2.16. The fourth-order valence-electron chi connectivity index (χ4n) is 4.03. The lowest BCUT2D eigenvalue weighted by Gasteiger charge is -2.14. The van der Waals surface area contributed by atoms with Crippen LogP contribution in [0.4, 0.5) is 35.1 Å². The van der Waals surface area contributed by atoms with Crippen molar-refractivity contribution in [3.63, 3.8) is 0 Å². The van der Waals surface area contributed by atoms with Crippen molar-refractivity contribution in [3.05, 3.63) is 179 Å². The Bertz CT molecular complexity index is 1690. The molecule has 0 radical (unpaired) electrons. The summed E-state index contributed by atoms with van der Waals surface area (Å²) in [7, 11) is -0.651. The van der Waals surface area contributed by atoms with E-state index in [1.54, 1.807) is 42.3 Å². The number of allylic oxidation sites excluding steroid dienone is 11. The number of rotatable bonds is 14. The van der Waals surface area contributed by atoms with E-state index in [1.807, 2.05) is 30.3 Å². The fourth-order valence-corrected chi connectivity index (χ4v) is 5.61. The van der Waals surface area contributed by atoms with Crippen LogP contribution in [0, 0.1) is 46.5 Å². The van der Waals surface area contributed by atoms with Gasteiger partial charge in [0, 0.05) is 0 Å². The van der Waals surface area contributed by atoms with E-state index < -0.39 is 77.1 Å². The van der Waals surface area contributed by atoms with Crippen molar-refractivity contribution in [2.75, 3.05) is 0 Å². The maximum absolute atomic E-state index is 15.0. The van der Waals surface area contributed by atoms with Crippen molar-refractivity contribution in [2.24, 2.45) is 0 Å². The first-order chi connectivity index (χ1) is 22.1. The molecular weight excluding hydrogens is 646 g/mol. The fraction of sp³-hybridized carbons (Fsp3) is 0.0556. The van der Waals surface area contributed by atoms with E-state index in [-0.39, 0.29) is 8.58 Å². The Kier molecular flexibility index (Phi) is 14.3. The number of hydrogen-bond donors (Lipinski definition) is 0. The van der Waals surface area contributed by atoms with Gasteiger partial charge in [-0.05, 0) is 29.8 Å². The summed E-state index contributed by atoms with van der Waals surface area (Å²) in [6, 6.07) is 9.61. The molecule has 0 saturated heterocycles. The predicted molar refractivity (Wildman–Crippen MR) is 177 cm³/mol. The highest BCUT2D eigenvalue weighted by Gasteiger charge is 2.33. The molecule has 0 N–H and O–H groups in total. The molecule has 3 aromatic rings. The quantitative estimate of drug-likeness (QED) is 0.0691. The molecule has 10 heteroatoms. The highest BCUT2D eigenvalue weighted by Crippen LogP contribution is 2.38. The largest absolute Gasteiger partial charge is 0.203 e. The smallest absolute Gasteiger partial charge is 0.170 e. The molecule has 3 rings (SSSR count). The number of aryl methyl sites for hydroxylation is 1. The first-order valence-electron chi connectivity index (χ1n) is 13.7. The summed E-state index contributed by atoms with van der Waals surface area (Å²) in [6.07, 6.45) is 17.4. The van der Waals surface area contributed by atoms with Gasteiger partial charge in [0.25, 0.3) is 0 Å². The monoisotopic (exact) mass is 674 g/mol. The molecule has 3 aromatic carbocycles. The molecule has 0 nitrogen and oxygen atoms in total. The molecular formula is C36H28F8P2. The molecule has 0 amide bonds. The first-order valence-corrected chi connectivity index (χ1v) is 15.8. The highest BCUT2D eigenvalue weighted by atomic mass is 31.1. The summed E-state index contributed by atoms with van der Waals surface area (Å²) >= 11 is 0. The third kappa shape index (κ3) is 9.22. The second-order valence-electron chi connectivity index (χ2n) is 9.32. The zero-order valence-electron chi connectivity index (χ0n) is 24.2. The lowest BCUT2D eigenvalue weighted by atomic mass is 9.99. The van der Waals surface area contributed by atoms with Gasteiger partial charge in [0.1, 0.15) is 0 Å². The van der Waals surface area contributed by atoms with Gasteiger partial charge in [0.2, 0.25) is 0 Å². The number of halogens is 8. The van der Waals surface area contributed by atoms with Gasteiger partial charge in [0.15, 0.2) is 46.5 Å². The van der Waals surface area contributed by atoms with Gasteiger partial charge in [-0.25, -0.2) is 35.1 Å². The SMILES string of the molecule is C=C/C=C(\C=C)P/C=C/C=C\C=C/c1c(F)c(F)c(-c2c(F)c(F)c(P/C=C/C=C\CCc3ccccc3)c(F)c2F)c(F)c1F. The van der Waals surface area contributed by atoms with Gasteiger partial charge in [-0.3, -0.25) is 0 Å². The van der Waals surface area contributed by atoms with E-state index in [9.17, 15) is 35.1 Å². The standard InChI is InChI=1S/C36H28F8P2/c1-3-16-24(4-2)45-21-14-8-6-13-20-25-28(37)30(39)26(31(40)29(25)38)27-32(41)34(43)36(35(44)33(27)42)46-22-15-7-5-10-17-23-18-11-9-12-19-23/h3-9,11-16,18-22,45-46H,1-2,10,17H2/b7-5-,8-6-,20-13-,21-14+,22-15+,24-16+. The van der Waals surface area contributed by atoms with E-state index in [1.165, 1.54) is 24.0 Å². The van der Waals surface area contributed by atoms with Crippen LogP contribution in [0.3, 0.4) is 0 Å². The Morgan fingerprint density at radius 1 is 0.630 bits per heavy atom. The summed E-state index contributed by atoms with van der Waals surface area (Å²) in [5.41, 5.74) is -3.89. The van der Waals surface area contributed by atoms with Crippen molar-refractivity contribution in [2.45, 2.75) is 12.8 Å². The Hall–Kier alpha value is -4.12. The second kappa shape index (κ2) is 18.1. The third-order valence-electron chi connectivity index (χ3n) is 6.28. The molecule has 0 fully saturated rings. The van der Waals surface area contributed by atoms with Gasteiger partial charge < -0.3 is 0 Å². The van der Waals surface area contributed by atoms with Crippen molar-refractivity contribution in [1.29, 1.82) is 0 Å². The van der Waals surface area contributed by atoms with Crippen molar-refractivity contribution in [3.8, 4) is 11.1 Å². The average Bonchev–Trinajstić information content (AvgIpc) is 3.06. The Morgan fingerprint density at radius 2 is 1.20 bits per heavy atom.